The number of allylic oxidation sites excluding steroid dienone is 1. The summed E-state index contributed by atoms with van der Waals surface area (Å²) in [4.78, 5) is 25.9. The number of anilines is 1. The number of rotatable bonds is 5. The molecule has 0 aromatic heterocycles. The van der Waals surface area contributed by atoms with Crippen molar-refractivity contribution in [3.63, 3.8) is 0 Å². The van der Waals surface area contributed by atoms with E-state index in [4.69, 9.17) is 14.2 Å². The van der Waals surface area contributed by atoms with Gasteiger partial charge in [-0.2, -0.15) is 0 Å². The zero-order valence-corrected chi connectivity index (χ0v) is 20.3. The third-order valence-electron chi connectivity index (χ3n) is 5.72. The van der Waals surface area contributed by atoms with Crippen molar-refractivity contribution in [3.8, 4) is 0 Å². The first-order valence-electron chi connectivity index (χ1n) is 11.4. The number of benzene rings is 1. The Hall–Kier alpha value is -2.26. The van der Waals surface area contributed by atoms with Crippen LogP contribution in [0.25, 0.3) is 0 Å². The predicted molar refractivity (Wildman–Crippen MR) is 125 cm³/mol. The van der Waals surface area contributed by atoms with Crippen LogP contribution in [-0.2, 0) is 30.2 Å². The van der Waals surface area contributed by atoms with Crippen molar-refractivity contribution in [2.75, 3.05) is 12.4 Å². The number of ether oxygens (including phenoxy) is 3. The van der Waals surface area contributed by atoms with Gasteiger partial charge in [0.25, 0.3) is 5.91 Å². The predicted octanol–water partition coefficient (Wildman–Crippen LogP) is 2.55. The van der Waals surface area contributed by atoms with Crippen molar-refractivity contribution >= 4 is 17.5 Å². The molecular weight excluding hydrogens is 424 g/mol. The first-order chi connectivity index (χ1) is 15.4. The highest BCUT2D eigenvalue weighted by Gasteiger charge is 2.48. The smallest absolute Gasteiger partial charge is 0.252 e. The van der Waals surface area contributed by atoms with Gasteiger partial charge >= 0.3 is 0 Å². The molecule has 1 unspecified atom stereocenters. The molecule has 3 N–H and O–H groups in total. The number of hydrogen-bond donors (Lipinski definition) is 3. The molecule has 1 fully saturated rings. The fourth-order valence-electron chi connectivity index (χ4n) is 4.08. The van der Waals surface area contributed by atoms with Crippen LogP contribution in [0, 0.1) is 5.41 Å². The fourth-order valence-corrected chi connectivity index (χ4v) is 4.08. The molecule has 8 heteroatoms. The number of amides is 2. The van der Waals surface area contributed by atoms with E-state index in [0.717, 1.165) is 11.3 Å². The lowest BCUT2D eigenvalue weighted by Crippen LogP contribution is -2.61. The maximum atomic E-state index is 13.2. The summed E-state index contributed by atoms with van der Waals surface area (Å²) < 4.78 is 17.3. The van der Waals surface area contributed by atoms with Gasteiger partial charge in [0.15, 0.2) is 11.9 Å². The third kappa shape index (κ3) is 6.41. The summed E-state index contributed by atoms with van der Waals surface area (Å²) in [7, 11) is 1.38. The number of aliphatic hydroxyl groups is 1. The van der Waals surface area contributed by atoms with E-state index in [0.29, 0.717) is 12.8 Å². The zero-order chi connectivity index (χ0) is 24.4. The van der Waals surface area contributed by atoms with Crippen LogP contribution >= 0.6 is 0 Å². The molecule has 0 aliphatic carbocycles. The number of carbonyl (C=O) groups excluding carboxylic acids is 2. The first kappa shape index (κ1) is 25.4. The van der Waals surface area contributed by atoms with Gasteiger partial charge in [0.05, 0.1) is 0 Å². The molecule has 3 rings (SSSR count). The van der Waals surface area contributed by atoms with Crippen LogP contribution in [-0.4, -0.2) is 60.3 Å². The standard InChI is InChI=1S/C25H36N2O6/c1-24(2,3)14-13-18-19(28)20(33-25(4,5)32-18)21(31-6)23(30)27-17-12-11-15-9-7-8-10-16(15)26-22(17)29/h7-10,13-14,17-21,28H,11-12H2,1-6H3,(H,26,29)(H,27,30)/t17?,18-,19+,20-,21-/m1/s1. The normalized spacial score (nSPS) is 28.5. The van der Waals surface area contributed by atoms with Gasteiger partial charge in [-0.05, 0) is 43.7 Å². The van der Waals surface area contributed by atoms with E-state index < -0.39 is 42.2 Å². The Labute approximate surface area is 195 Å². The Morgan fingerprint density at radius 3 is 2.67 bits per heavy atom. The molecule has 1 aromatic rings. The molecule has 1 aromatic carbocycles. The van der Waals surface area contributed by atoms with Crippen LogP contribution in [0.4, 0.5) is 5.69 Å². The maximum absolute atomic E-state index is 13.2. The Kier molecular flexibility index (Phi) is 7.63. The third-order valence-corrected chi connectivity index (χ3v) is 5.72. The lowest BCUT2D eigenvalue weighted by Gasteiger charge is -2.45. The topological polar surface area (TPSA) is 106 Å². The molecule has 2 aliphatic heterocycles. The lowest BCUT2D eigenvalue weighted by molar-refractivity contribution is -0.334. The van der Waals surface area contributed by atoms with E-state index in [2.05, 4.69) is 10.6 Å². The van der Waals surface area contributed by atoms with E-state index in [1.165, 1.54) is 7.11 Å². The molecule has 5 atom stereocenters. The monoisotopic (exact) mass is 460 g/mol. The molecule has 0 spiro atoms. The molecule has 182 valence electrons. The summed E-state index contributed by atoms with van der Waals surface area (Å²) in [6, 6.07) is 6.84. The molecule has 0 radical (unpaired) electrons. The second-order valence-electron chi connectivity index (χ2n) is 10.2. The van der Waals surface area contributed by atoms with Crippen molar-refractivity contribution in [1.82, 2.24) is 5.32 Å². The molecular formula is C25H36N2O6. The number of nitrogens with one attached hydrogen (secondary N) is 2. The number of methoxy groups -OCH3 is 1. The van der Waals surface area contributed by atoms with Crippen LogP contribution in [0.2, 0.25) is 0 Å². The van der Waals surface area contributed by atoms with Crippen molar-refractivity contribution in [2.45, 2.75) is 83.7 Å². The molecule has 0 bridgehead atoms. The van der Waals surface area contributed by atoms with E-state index in [-0.39, 0.29) is 11.3 Å². The SMILES string of the molecule is CO[C@@H](C(=O)NC1CCc2ccccc2NC1=O)[C@@H]1OC(C)(C)O[C@H](C=CC(C)(C)C)[C@@H]1O. The quantitative estimate of drug-likeness (QED) is 0.583. The summed E-state index contributed by atoms with van der Waals surface area (Å²) in [5.41, 5.74) is 1.66. The average Bonchev–Trinajstić information content (AvgIpc) is 2.87. The van der Waals surface area contributed by atoms with Crippen molar-refractivity contribution in [3.05, 3.63) is 42.0 Å². The van der Waals surface area contributed by atoms with Crippen LogP contribution in [0.1, 0.15) is 46.6 Å². The van der Waals surface area contributed by atoms with Gasteiger partial charge < -0.3 is 30.0 Å². The maximum Gasteiger partial charge on any atom is 0.252 e. The van der Waals surface area contributed by atoms with Crippen molar-refractivity contribution < 1.29 is 28.9 Å². The molecule has 2 heterocycles. The Morgan fingerprint density at radius 1 is 1.30 bits per heavy atom. The molecule has 2 amide bonds. The van der Waals surface area contributed by atoms with Crippen LogP contribution in [0.3, 0.4) is 0 Å². The summed E-state index contributed by atoms with van der Waals surface area (Å²) in [5.74, 6) is -1.86. The number of para-hydroxylation sites is 1. The van der Waals surface area contributed by atoms with Gasteiger partial charge in [-0.25, -0.2) is 0 Å². The molecule has 8 nitrogen and oxygen atoms in total. The van der Waals surface area contributed by atoms with E-state index in [1.54, 1.807) is 19.9 Å². The number of aliphatic hydroxyl groups excluding tert-OH is 1. The highest BCUT2D eigenvalue weighted by Crippen LogP contribution is 2.31. The lowest BCUT2D eigenvalue weighted by atomic mass is 9.93. The second-order valence-corrected chi connectivity index (χ2v) is 10.2. The number of aryl methyl sites for hydroxylation is 1. The summed E-state index contributed by atoms with van der Waals surface area (Å²) in [6.45, 7) is 9.58. The van der Waals surface area contributed by atoms with Crippen LogP contribution in [0.5, 0.6) is 0 Å². The average molecular weight is 461 g/mol. The Morgan fingerprint density at radius 2 is 2.00 bits per heavy atom. The van der Waals surface area contributed by atoms with E-state index >= 15 is 0 Å². The van der Waals surface area contributed by atoms with Gasteiger partial charge in [0.2, 0.25) is 5.91 Å². The number of carbonyl (C=O) groups is 2. The summed E-state index contributed by atoms with van der Waals surface area (Å²) in [6.07, 6.45) is 0.896. The van der Waals surface area contributed by atoms with Gasteiger partial charge in [0, 0.05) is 12.8 Å². The highest BCUT2D eigenvalue weighted by atomic mass is 16.7. The minimum atomic E-state index is -1.14. The Bertz CT molecular complexity index is 891. The van der Waals surface area contributed by atoms with E-state index in [9.17, 15) is 14.7 Å². The first-order valence-corrected chi connectivity index (χ1v) is 11.4. The van der Waals surface area contributed by atoms with Crippen LogP contribution < -0.4 is 10.6 Å². The number of fused-ring (bicyclic) bond motifs is 1. The molecule has 1 saturated heterocycles. The minimum absolute atomic E-state index is 0.108. The zero-order valence-electron chi connectivity index (χ0n) is 20.3. The number of hydrogen-bond acceptors (Lipinski definition) is 6. The molecule has 33 heavy (non-hydrogen) atoms. The summed E-state index contributed by atoms with van der Waals surface area (Å²) in [5, 5.41) is 16.6. The molecule has 2 aliphatic rings. The second kappa shape index (κ2) is 9.93. The summed E-state index contributed by atoms with van der Waals surface area (Å²) >= 11 is 0. The molecule has 0 saturated carbocycles. The van der Waals surface area contributed by atoms with Gasteiger partial charge in [-0.1, -0.05) is 51.1 Å². The fraction of sp³-hybridized carbons (Fsp3) is 0.600. The minimum Gasteiger partial charge on any atom is -0.387 e. The largest absolute Gasteiger partial charge is 0.387 e. The van der Waals surface area contributed by atoms with Gasteiger partial charge in [-0.15, -0.1) is 0 Å². The van der Waals surface area contributed by atoms with Crippen molar-refractivity contribution in [1.29, 1.82) is 0 Å². The van der Waals surface area contributed by atoms with Crippen molar-refractivity contribution in [2.24, 2.45) is 5.41 Å². The Balaban J connectivity index is 1.74. The van der Waals surface area contributed by atoms with Crippen LogP contribution in [0.15, 0.2) is 36.4 Å². The van der Waals surface area contributed by atoms with Gasteiger partial charge in [-0.3, -0.25) is 9.59 Å². The highest BCUT2D eigenvalue weighted by molar-refractivity contribution is 5.99. The van der Waals surface area contributed by atoms with Gasteiger partial charge in [0.1, 0.15) is 24.4 Å². The van der Waals surface area contributed by atoms with E-state index in [1.807, 2.05) is 51.1 Å².